The van der Waals surface area contributed by atoms with Crippen LogP contribution in [0.15, 0.2) is 29.5 Å². The lowest BCUT2D eigenvalue weighted by Gasteiger charge is -2.24. The van der Waals surface area contributed by atoms with Crippen molar-refractivity contribution < 1.29 is 4.79 Å². The van der Waals surface area contributed by atoms with Crippen LogP contribution in [0.2, 0.25) is 0 Å². The Morgan fingerprint density at radius 2 is 2.22 bits per heavy atom. The van der Waals surface area contributed by atoms with E-state index in [9.17, 15) is 4.79 Å². The van der Waals surface area contributed by atoms with Gasteiger partial charge in [0.2, 0.25) is 5.91 Å². The van der Waals surface area contributed by atoms with Gasteiger partial charge >= 0.3 is 0 Å². The van der Waals surface area contributed by atoms with Crippen LogP contribution >= 0.6 is 11.3 Å². The molecule has 0 saturated carbocycles. The molecule has 0 radical (unpaired) electrons. The molecule has 0 aliphatic carbocycles. The van der Waals surface area contributed by atoms with Crippen LogP contribution in [0.4, 0.5) is 0 Å². The standard InChI is InChI=1S/C16H15N5OS/c1-9-3-13(12-5-14(22)21(2)16(18)20-12)23-15(9)11-4-10(6-17)7-19-8-11/h3-4,7-8,12H,5H2,1-2H3,(H2,18,20)/t12-/m0/s1. The highest BCUT2D eigenvalue weighted by Gasteiger charge is 2.27. The van der Waals surface area contributed by atoms with Crippen LogP contribution in [-0.4, -0.2) is 28.8 Å². The summed E-state index contributed by atoms with van der Waals surface area (Å²) in [6.45, 7) is 2.00. The minimum atomic E-state index is -0.247. The first-order valence-electron chi connectivity index (χ1n) is 7.05. The monoisotopic (exact) mass is 325 g/mol. The minimum Gasteiger partial charge on any atom is -0.369 e. The largest absolute Gasteiger partial charge is 0.369 e. The molecule has 2 aromatic heterocycles. The highest BCUT2D eigenvalue weighted by atomic mass is 32.1. The molecule has 0 saturated heterocycles. The third-order valence-corrected chi connectivity index (χ3v) is 5.16. The van der Waals surface area contributed by atoms with E-state index in [1.54, 1.807) is 24.6 Å². The normalized spacial score (nSPS) is 17.8. The molecule has 1 amide bonds. The molecule has 1 aliphatic rings. The molecule has 2 N–H and O–H groups in total. The maximum Gasteiger partial charge on any atom is 0.231 e. The number of carbonyl (C=O) groups is 1. The van der Waals surface area contributed by atoms with Gasteiger partial charge in [0.05, 0.1) is 18.0 Å². The molecule has 3 heterocycles. The van der Waals surface area contributed by atoms with Gasteiger partial charge in [0, 0.05) is 34.8 Å². The predicted octanol–water partition coefficient (Wildman–Crippen LogP) is 2.21. The van der Waals surface area contributed by atoms with Gasteiger partial charge in [-0.05, 0) is 24.6 Å². The molecule has 6 nitrogen and oxygen atoms in total. The third kappa shape index (κ3) is 2.81. The number of hydrogen-bond donors (Lipinski definition) is 1. The van der Waals surface area contributed by atoms with Crippen molar-refractivity contribution in [3.8, 4) is 16.5 Å². The third-order valence-electron chi connectivity index (χ3n) is 3.77. The zero-order valence-corrected chi connectivity index (χ0v) is 13.6. The number of thiophene rings is 1. The van der Waals surface area contributed by atoms with Crippen LogP contribution in [0.25, 0.3) is 10.4 Å². The van der Waals surface area contributed by atoms with Gasteiger partial charge in [0.15, 0.2) is 5.96 Å². The SMILES string of the molecule is Cc1cc([C@@H]2CC(=O)N(C)C(N)=N2)sc1-c1cncc(C#N)c1. The summed E-state index contributed by atoms with van der Waals surface area (Å²) in [5.74, 6) is 0.204. The molecule has 0 bridgehead atoms. The molecular weight excluding hydrogens is 310 g/mol. The topological polar surface area (TPSA) is 95.4 Å². The Hall–Kier alpha value is -2.72. The molecule has 116 valence electrons. The summed E-state index contributed by atoms with van der Waals surface area (Å²) in [5, 5.41) is 9.01. The van der Waals surface area contributed by atoms with Crippen LogP contribution in [0.3, 0.4) is 0 Å². The van der Waals surface area contributed by atoms with Crippen molar-refractivity contribution in [3.63, 3.8) is 0 Å². The molecule has 2 aromatic rings. The number of aromatic nitrogens is 1. The Labute approximate surface area is 137 Å². The second kappa shape index (κ2) is 5.82. The first-order chi connectivity index (χ1) is 11.0. The first kappa shape index (κ1) is 15.2. The van der Waals surface area contributed by atoms with Gasteiger partial charge < -0.3 is 5.73 Å². The molecular formula is C16H15N5OS. The number of carbonyl (C=O) groups excluding carboxylic acids is 1. The Morgan fingerprint density at radius 1 is 1.43 bits per heavy atom. The van der Waals surface area contributed by atoms with E-state index >= 15 is 0 Å². The van der Waals surface area contributed by atoms with Crippen molar-refractivity contribution in [2.24, 2.45) is 10.7 Å². The molecule has 0 fully saturated rings. The van der Waals surface area contributed by atoms with Crippen molar-refractivity contribution in [1.29, 1.82) is 5.26 Å². The van der Waals surface area contributed by atoms with Crippen molar-refractivity contribution in [2.75, 3.05) is 7.05 Å². The molecule has 0 spiro atoms. The average Bonchev–Trinajstić information content (AvgIpc) is 2.94. The second-order valence-corrected chi connectivity index (χ2v) is 6.48. The highest BCUT2D eigenvalue weighted by Crippen LogP contribution is 2.38. The fraction of sp³-hybridized carbons (Fsp3) is 0.250. The lowest BCUT2D eigenvalue weighted by Crippen LogP contribution is -2.42. The molecule has 7 heteroatoms. The Kier molecular flexibility index (Phi) is 3.84. The average molecular weight is 325 g/mol. The van der Waals surface area contributed by atoms with Gasteiger partial charge in [-0.25, -0.2) is 4.99 Å². The van der Waals surface area contributed by atoms with Crippen molar-refractivity contribution in [1.82, 2.24) is 9.88 Å². The lowest BCUT2D eigenvalue weighted by molar-refractivity contribution is -0.127. The van der Waals surface area contributed by atoms with E-state index in [0.29, 0.717) is 12.0 Å². The number of aliphatic imine (C=N–C) groups is 1. The predicted molar refractivity (Wildman–Crippen MR) is 88.8 cm³/mol. The Bertz CT molecular complexity index is 848. The summed E-state index contributed by atoms with van der Waals surface area (Å²) in [6.07, 6.45) is 3.59. The zero-order valence-electron chi connectivity index (χ0n) is 12.8. The van der Waals surface area contributed by atoms with Crippen LogP contribution in [-0.2, 0) is 4.79 Å². The van der Waals surface area contributed by atoms with Gasteiger partial charge in [-0.1, -0.05) is 0 Å². The summed E-state index contributed by atoms with van der Waals surface area (Å²) in [6, 6.07) is 5.69. The van der Waals surface area contributed by atoms with Crippen LogP contribution in [0.1, 0.15) is 28.5 Å². The van der Waals surface area contributed by atoms with Gasteiger partial charge in [-0.15, -0.1) is 11.3 Å². The number of hydrogen-bond acceptors (Lipinski definition) is 6. The first-order valence-corrected chi connectivity index (χ1v) is 7.87. The minimum absolute atomic E-state index is 0.0387. The van der Waals surface area contributed by atoms with E-state index in [2.05, 4.69) is 16.0 Å². The zero-order chi connectivity index (χ0) is 16.6. The van der Waals surface area contributed by atoms with E-state index in [4.69, 9.17) is 11.0 Å². The van der Waals surface area contributed by atoms with E-state index in [1.807, 2.05) is 19.1 Å². The van der Waals surface area contributed by atoms with Crippen molar-refractivity contribution in [3.05, 3.63) is 40.5 Å². The lowest BCUT2D eigenvalue weighted by atomic mass is 10.1. The van der Waals surface area contributed by atoms with Crippen LogP contribution < -0.4 is 5.73 Å². The number of amides is 1. The fourth-order valence-electron chi connectivity index (χ4n) is 2.47. The number of aryl methyl sites for hydroxylation is 1. The fourth-order valence-corrected chi connectivity index (χ4v) is 3.66. The maximum atomic E-state index is 12.0. The van der Waals surface area contributed by atoms with Crippen LogP contribution in [0, 0.1) is 18.3 Å². The van der Waals surface area contributed by atoms with E-state index in [-0.39, 0.29) is 17.9 Å². The van der Waals surface area contributed by atoms with E-state index in [0.717, 1.165) is 20.9 Å². The van der Waals surface area contributed by atoms with Crippen molar-refractivity contribution >= 4 is 23.2 Å². The number of nitrogens with zero attached hydrogens (tertiary/aromatic N) is 4. The number of pyridine rings is 1. The van der Waals surface area contributed by atoms with Gasteiger partial charge in [-0.3, -0.25) is 14.7 Å². The smallest absolute Gasteiger partial charge is 0.231 e. The van der Waals surface area contributed by atoms with Gasteiger partial charge in [0.1, 0.15) is 6.07 Å². The van der Waals surface area contributed by atoms with Crippen molar-refractivity contribution in [2.45, 2.75) is 19.4 Å². The molecule has 1 atom stereocenters. The Morgan fingerprint density at radius 3 is 2.91 bits per heavy atom. The second-order valence-electron chi connectivity index (χ2n) is 5.39. The van der Waals surface area contributed by atoms with Gasteiger partial charge in [0.25, 0.3) is 0 Å². The van der Waals surface area contributed by atoms with E-state index in [1.165, 1.54) is 11.1 Å². The van der Waals surface area contributed by atoms with Crippen LogP contribution in [0.5, 0.6) is 0 Å². The number of nitrogens with two attached hydrogens (primary N) is 1. The van der Waals surface area contributed by atoms with E-state index < -0.39 is 0 Å². The molecule has 1 aliphatic heterocycles. The number of guanidine groups is 1. The molecule has 23 heavy (non-hydrogen) atoms. The summed E-state index contributed by atoms with van der Waals surface area (Å²) in [5.41, 5.74) is 8.29. The molecule has 0 aromatic carbocycles. The quantitative estimate of drug-likeness (QED) is 0.915. The Balaban J connectivity index is 1.99. The number of rotatable bonds is 2. The molecule has 3 rings (SSSR count). The maximum absolute atomic E-state index is 12.0. The summed E-state index contributed by atoms with van der Waals surface area (Å²) >= 11 is 1.56. The highest BCUT2D eigenvalue weighted by molar-refractivity contribution is 7.15. The summed E-state index contributed by atoms with van der Waals surface area (Å²) < 4.78 is 0. The summed E-state index contributed by atoms with van der Waals surface area (Å²) in [4.78, 5) is 23.9. The summed E-state index contributed by atoms with van der Waals surface area (Å²) in [7, 11) is 1.63. The number of nitriles is 1. The van der Waals surface area contributed by atoms with Gasteiger partial charge in [-0.2, -0.15) is 5.26 Å². The molecule has 0 unspecified atom stereocenters.